The van der Waals surface area contributed by atoms with E-state index < -0.39 is 0 Å². The van der Waals surface area contributed by atoms with Gasteiger partial charge in [0.15, 0.2) is 4.34 Å². The standard InChI is InChI=1S/C16H17N3O2S2/c1-10-13(8-14(17)20)23-16(18-10)22-9-15(21)19-7-6-11-4-2-3-5-12(11)19/h2-5H,6-9H2,1H3,(H2,17,20). The van der Waals surface area contributed by atoms with E-state index >= 15 is 0 Å². The highest BCUT2D eigenvalue weighted by Crippen LogP contribution is 2.31. The van der Waals surface area contributed by atoms with Crippen molar-refractivity contribution in [2.24, 2.45) is 5.73 Å². The van der Waals surface area contributed by atoms with Crippen LogP contribution in [0.3, 0.4) is 0 Å². The normalized spacial score (nSPS) is 13.2. The molecule has 7 heteroatoms. The number of thiazole rings is 1. The number of aromatic nitrogens is 1. The third-order valence-corrected chi connectivity index (χ3v) is 6.00. The van der Waals surface area contributed by atoms with Gasteiger partial charge in [0, 0.05) is 17.1 Å². The molecule has 2 N–H and O–H groups in total. The van der Waals surface area contributed by atoms with Crippen LogP contribution >= 0.6 is 23.1 Å². The lowest BCUT2D eigenvalue weighted by molar-refractivity contribution is -0.117. The summed E-state index contributed by atoms with van der Waals surface area (Å²) in [5.41, 5.74) is 8.28. The predicted octanol–water partition coefficient (Wildman–Crippen LogP) is 2.16. The van der Waals surface area contributed by atoms with E-state index in [9.17, 15) is 9.59 Å². The highest BCUT2D eigenvalue weighted by atomic mass is 32.2. The molecule has 0 bridgehead atoms. The first-order valence-electron chi connectivity index (χ1n) is 7.30. The summed E-state index contributed by atoms with van der Waals surface area (Å²) in [6, 6.07) is 8.01. The van der Waals surface area contributed by atoms with Gasteiger partial charge in [-0.3, -0.25) is 9.59 Å². The molecule has 0 unspecified atom stereocenters. The van der Waals surface area contributed by atoms with E-state index in [-0.39, 0.29) is 18.2 Å². The van der Waals surface area contributed by atoms with Gasteiger partial charge in [0.2, 0.25) is 11.8 Å². The first kappa shape index (κ1) is 16.0. The number of carbonyl (C=O) groups excluding carboxylic acids is 2. The second kappa shape index (κ2) is 6.72. The molecule has 0 spiro atoms. The molecule has 1 aromatic carbocycles. The molecule has 0 fully saturated rings. The average molecular weight is 347 g/mol. The van der Waals surface area contributed by atoms with Crippen LogP contribution in [-0.4, -0.2) is 29.1 Å². The third-order valence-electron chi connectivity index (χ3n) is 3.72. The van der Waals surface area contributed by atoms with Crippen LogP contribution in [0.5, 0.6) is 0 Å². The zero-order chi connectivity index (χ0) is 16.4. The Morgan fingerprint density at radius 1 is 1.39 bits per heavy atom. The molecule has 5 nitrogen and oxygen atoms in total. The number of amides is 2. The Hall–Kier alpha value is -1.86. The number of hydrogen-bond acceptors (Lipinski definition) is 5. The van der Waals surface area contributed by atoms with Gasteiger partial charge in [-0.05, 0) is 25.0 Å². The number of primary amides is 1. The number of rotatable bonds is 5. The molecule has 0 saturated heterocycles. The van der Waals surface area contributed by atoms with E-state index in [0.29, 0.717) is 5.75 Å². The van der Waals surface area contributed by atoms with Gasteiger partial charge in [-0.2, -0.15) is 0 Å². The maximum Gasteiger partial charge on any atom is 0.237 e. The summed E-state index contributed by atoms with van der Waals surface area (Å²) in [4.78, 5) is 30.6. The van der Waals surface area contributed by atoms with Gasteiger partial charge in [-0.1, -0.05) is 30.0 Å². The summed E-state index contributed by atoms with van der Waals surface area (Å²) >= 11 is 2.85. The Morgan fingerprint density at radius 2 is 2.17 bits per heavy atom. The third kappa shape index (κ3) is 3.56. The molecule has 1 aliphatic heterocycles. The van der Waals surface area contributed by atoms with Crippen LogP contribution in [0.25, 0.3) is 0 Å². The van der Waals surface area contributed by atoms with E-state index in [2.05, 4.69) is 11.1 Å². The molecular weight excluding hydrogens is 330 g/mol. The molecule has 1 aromatic heterocycles. The zero-order valence-corrected chi connectivity index (χ0v) is 14.4. The van der Waals surface area contributed by atoms with Crippen molar-refractivity contribution in [1.29, 1.82) is 0 Å². The summed E-state index contributed by atoms with van der Waals surface area (Å²) in [5.74, 6) is 0.0689. The number of anilines is 1. The van der Waals surface area contributed by atoms with Gasteiger partial charge in [-0.15, -0.1) is 11.3 Å². The lowest BCUT2D eigenvalue weighted by atomic mass is 10.2. The fourth-order valence-corrected chi connectivity index (χ4v) is 4.70. The number of carbonyl (C=O) groups is 2. The Bertz CT molecular complexity index is 758. The zero-order valence-electron chi connectivity index (χ0n) is 12.7. The quantitative estimate of drug-likeness (QED) is 0.841. The van der Waals surface area contributed by atoms with Crippen LogP contribution in [0.4, 0.5) is 5.69 Å². The Kier molecular flexibility index (Phi) is 4.68. The summed E-state index contributed by atoms with van der Waals surface area (Å²) in [5, 5.41) is 0. The molecule has 1 aliphatic rings. The Balaban J connectivity index is 1.63. The predicted molar refractivity (Wildman–Crippen MR) is 93.0 cm³/mol. The van der Waals surface area contributed by atoms with Crippen molar-refractivity contribution < 1.29 is 9.59 Å². The lowest BCUT2D eigenvalue weighted by Gasteiger charge is -2.16. The average Bonchev–Trinajstić information content (AvgIpc) is 3.08. The molecule has 3 rings (SSSR count). The monoisotopic (exact) mass is 347 g/mol. The number of aryl methyl sites for hydroxylation is 1. The van der Waals surface area contributed by atoms with Crippen molar-refractivity contribution in [3.63, 3.8) is 0 Å². The van der Waals surface area contributed by atoms with Crippen LogP contribution in [0, 0.1) is 6.92 Å². The molecule has 2 aromatic rings. The summed E-state index contributed by atoms with van der Waals surface area (Å²) in [6.07, 6.45) is 1.11. The van der Waals surface area contributed by atoms with Crippen LogP contribution in [0.15, 0.2) is 28.6 Å². The van der Waals surface area contributed by atoms with Gasteiger partial charge in [0.25, 0.3) is 0 Å². The first-order valence-corrected chi connectivity index (χ1v) is 9.10. The van der Waals surface area contributed by atoms with Crippen molar-refractivity contribution in [3.05, 3.63) is 40.4 Å². The number of fused-ring (bicyclic) bond motifs is 1. The second-order valence-corrected chi connectivity index (χ2v) is 7.65. The highest BCUT2D eigenvalue weighted by molar-refractivity contribution is 8.01. The van der Waals surface area contributed by atoms with Gasteiger partial charge in [0.05, 0.1) is 17.9 Å². The molecule has 2 heterocycles. The molecule has 0 aliphatic carbocycles. The highest BCUT2D eigenvalue weighted by Gasteiger charge is 2.24. The van der Waals surface area contributed by atoms with E-state index in [4.69, 9.17) is 5.73 Å². The lowest BCUT2D eigenvalue weighted by Crippen LogP contribution is -2.30. The molecule has 2 amide bonds. The summed E-state index contributed by atoms with van der Waals surface area (Å²) in [7, 11) is 0. The second-order valence-electron chi connectivity index (χ2n) is 5.34. The minimum Gasteiger partial charge on any atom is -0.369 e. The molecule has 23 heavy (non-hydrogen) atoms. The maximum atomic E-state index is 12.5. The van der Waals surface area contributed by atoms with Crippen LogP contribution < -0.4 is 10.6 Å². The minimum atomic E-state index is -0.363. The van der Waals surface area contributed by atoms with Crippen molar-refractivity contribution in [2.45, 2.75) is 24.1 Å². The fourth-order valence-electron chi connectivity index (χ4n) is 2.58. The van der Waals surface area contributed by atoms with Crippen LogP contribution in [-0.2, 0) is 22.4 Å². The fraction of sp³-hybridized carbons (Fsp3) is 0.312. The molecule has 0 radical (unpaired) electrons. The molecular formula is C16H17N3O2S2. The molecule has 0 saturated carbocycles. The van der Waals surface area contributed by atoms with Crippen molar-refractivity contribution >= 4 is 40.6 Å². The van der Waals surface area contributed by atoms with Crippen LogP contribution in [0.1, 0.15) is 16.1 Å². The van der Waals surface area contributed by atoms with E-state index in [0.717, 1.165) is 33.6 Å². The number of thioether (sulfide) groups is 1. The first-order chi connectivity index (χ1) is 11.0. The number of benzene rings is 1. The number of para-hydroxylation sites is 1. The minimum absolute atomic E-state index is 0.0873. The van der Waals surface area contributed by atoms with Crippen molar-refractivity contribution in [3.8, 4) is 0 Å². The van der Waals surface area contributed by atoms with Crippen LogP contribution in [0.2, 0.25) is 0 Å². The molecule has 0 atom stereocenters. The number of hydrogen-bond donors (Lipinski definition) is 1. The van der Waals surface area contributed by atoms with Gasteiger partial charge in [0.1, 0.15) is 0 Å². The topological polar surface area (TPSA) is 76.3 Å². The Labute approximate surface area is 142 Å². The largest absolute Gasteiger partial charge is 0.369 e. The van der Waals surface area contributed by atoms with E-state index in [1.165, 1.54) is 28.7 Å². The number of nitrogens with two attached hydrogens (primary N) is 1. The van der Waals surface area contributed by atoms with Gasteiger partial charge >= 0.3 is 0 Å². The maximum absolute atomic E-state index is 12.5. The molecule has 120 valence electrons. The van der Waals surface area contributed by atoms with Gasteiger partial charge in [-0.25, -0.2) is 4.98 Å². The SMILES string of the molecule is Cc1nc(SCC(=O)N2CCc3ccccc32)sc1CC(N)=O. The summed E-state index contributed by atoms with van der Waals surface area (Å²) < 4.78 is 0.805. The van der Waals surface area contributed by atoms with E-state index in [1.54, 1.807) is 0 Å². The Morgan fingerprint density at radius 3 is 2.96 bits per heavy atom. The van der Waals surface area contributed by atoms with Crippen molar-refractivity contribution in [2.75, 3.05) is 17.2 Å². The van der Waals surface area contributed by atoms with Crippen molar-refractivity contribution in [1.82, 2.24) is 4.98 Å². The smallest absolute Gasteiger partial charge is 0.237 e. The number of nitrogens with zero attached hydrogens (tertiary/aromatic N) is 2. The van der Waals surface area contributed by atoms with E-state index in [1.807, 2.05) is 30.0 Å². The van der Waals surface area contributed by atoms with Gasteiger partial charge < -0.3 is 10.6 Å². The summed E-state index contributed by atoms with van der Waals surface area (Å²) in [6.45, 7) is 2.60.